The molecule has 0 radical (unpaired) electrons. The van der Waals surface area contributed by atoms with Crippen LogP contribution in [0.15, 0.2) is 41.3 Å². The fourth-order valence-corrected chi connectivity index (χ4v) is 3.69. The van der Waals surface area contributed by atoms with Crippen LogP contribution in [0.2, 0.25) is 0 Å². The lowest BCUT2D eigenvalue weighted by molar-refractivity contribution is 0.611. The molecule has 3 rings (SSSR count). The lowest BCUT2D eigenvalue weighted by atomic mass is 9.92. The van der Waals surface area contributed by atoms with Gasteiger partial charge in [0.25, 0.3) is 0 Å². The van der Waals surface area contributed by atoms with Crippen LogP contribution in [0, 0.1) is 12.7 Å². The molecule has 21 heavy (non-hydrogen) atoms. The van der Waals surface area contributed by atoms with E-state index in [1.165, 1.54) is 21.6 Å². The molecular formula is C17H19ClFNS. The molecule has 0 bridgehead atoms. The molecule has 1 saturated heterocycles. The van der Waals surface area contributed by atoms with E-state index >= 15 is 0 Å². The standard InChI is InChI=1S/C17H18FNS.ClH/c1-12-10-16(20-11-12)17(14-6-8-19-9-7-14)13-2-4-15(18)5-3-13;/h2-5,10-11,19H,6-9H2,1H3;1H. The minimum atomic E-state index is -0.175. The SMILES string of the molecule is Cc1csc(C(=C2CCNCC2)c2ccc(F)cc2)c1.Cl. The fourth-order valence-electron chi connectivity index (χ4n) is 2.68. The summed E-state index contributed by atoms with van der Waals surface area (Å²) in [6.07, 6.45) is 2.15. The van der Waals surface area contributed by atoms with Gasteiger partial charge in [-0.25, -0.2) is 4.39 Å². The molecule has 2 heterocycles. The van der Waals surface area contributed by atoms with Gasteiger partial charge in [0.1, 0.15) is 5.82 Å². The third-order valence-electron chi connectivity index (χ3n) is 3.67. The number of aryl methyl sites for hydroxylation is 1. The second-order valence-corrected chi connectivity index (χ2v) is 6.13. The second kappa shape index (κ2) is 7.21. The highest BCUT2D eigenvalue weighted by atomic mass is 35.5. The van der Waals surface area contributed by atoms with Gasteiger partial charge in [-0.1, -0.05) is 17.7 Å². The zero-order chi connectivity index (χ0) is 13.9. The quantitative estimate of drug-likeness (QED) is 0.837. The van der Waals surface area contributed by atoms with Gasteiger partial charge in [-0.3, -0.25) is 0 Å². The molecule has 1 aromatic carbocycles. The lowest BCUT2D eigenvalue weighted by Crippen LogP contribution is -2.23. The Labute approximate surface area is 135 Å². The Balaban J connectivity index is 0.00000161. The first kappa shape index (κ1) is 16.2. The number of piperidine rings is 1. The summed E-state index contributed by atoms with van der Waals surface area (Å²) in [6.45, 7) is 4.18. The number of rotatable bonds is 2. The van der Waals surface area contributed by atoms with Crippen molar-refractivity contribution in [3.63, 3.8) is 0 Å². The van der Waals surface area contributed by atoms with E-state index in [2.05, 4.69) is 23.7 Å². The Hall–Kier alpha value is -1.16. The molecule has 112 valence electrons. The maximum Gasteiger partial charge on any atom is 0.123 e. The summed E-state index contributed by atoms with van der Waals surface area (Å²) >= 11 is 1.78. The lowest BCUT2D eigenvalue weighted by Gasteiger charge is -2.20. The monoisotopic (exact) mass is 323 g/mol. The highest BCUT2D eigenvalue weighted by Gasteiger charge is 2.15. The van der Waals surface area contributed by atoms with Gasteiger partial charge >= 0.3 is 0 Å². The van der Waals surface area contributed by atoms with E-state index in [1.54, 1.807) is 23.5 Å². The number of halogens is 2. The van der Waals surface area contributed by atoms with Gasteiger partial charge in [0.2, 0.25) is 0 Å². The molecule has 0 saturated carbocycles. The van der Waals surface area contributed by atoms with Crippen LogP contribution in [-0.2, 0) is 0 Å². The molecule has 1 fully saturated rings. The number of benzene rings is 1. The van der Waals surface area contributed by atoms with Gasteiger partial charge < -0.3 is 5.32 Å². The first-order valence-electron chi connectivity index (χ1n) is 6.98. The summed E-state index contributed by atoms with van der Waals surface area (Å²) < 4.78 is 13.2. The minimum absolute atomic E-state index is 0. The summed E-state index contributed by atoms with van der Waals surface area (Å²) in [5.74, 6) is -0.175. The van der Waals surface area contributed by atoms with E-state index in [9.17, 15) is 4.39 Å². The van der Waals surface area contributed by atoms with Crippen molar-refractivity contribution >= 4 is 29.3 Å². The summed E-state index contributed by atoms with van der Waals surface area (Å²) in [4.78, 5) is 1.30. The van der Waals surface area contributed by atoms with Gasteiger partial charge in [0, 0.05) is 4.88 Å². The average Bonchev–Trinajstić information content (AvgIpc) is 2.89. The molecule has 1 nitrogen and oxygen atoms in total. The third kappa shape index (κ3) is 3.73. The van der Waals surface area contributed by atoms with Gasteiger partial charge in [-0.05, 0) is 73.1 Å². The average molecular weight is 324 g/mol. The van der Waals surface area contributed by atoms with Crippen molar-refractivity contribution in [1.82, 2.24) is 5.32 Å². The first-order chi connectivity index (χ1) is 9.74. The molecule has 0 unspecified atom stereocenters. The van der Waals surface area contributed by atoms with E-state index in [0.717, 1.165) is 31.5 Å². The summed E-state index contributed by atoms with van der Waals surface area (Å²) in [6, 6.07) is 9.14. The van der Waals surface area contributed by atoms with Crippen LogP contribution in [0.4, 0.5) is 4.39 Å². The molecule has 2 aromatic rings. The predicted octanol–water partition coefficient (Wildman–Crippen LogP) is 4.80. The van der Waals surface area contributed by atoms with Crippen LogP contribution in [0.25, 0.3) is 5.57 Å². The van der Waals surface area contributed by atoms with E-state index in [-0.39, 0.29) is 18.2 Å². The molecule has 0 atom stereocenters. The predicted molar refractivity (Wildman–Crippen MR) is 90.8 cm³/mol. The second-order valence-electron chi connectivity index (χ2n) is 5.22. The van der Waals surface area contributed by atoms with Crippen molar-refractivity contribution in [2.75, 3.05) is 13.1 Å². The fraction of sp³-hybridized carbons (Fsp3) is 0.294. The third-order valence-corrected chi connectivity index (χ3v) is 4.74. The molecule has 1 aromatic heterocycles. The Morgan fingerprint density at radius 1 is 1.14 bits per heavy atom. The Morgan fingerprint density at radius 3 is 2.38 bits per heavy atom. The molecular weight excluding hydrogens is 305 g/mol. The van der Waals surface area contributed by atoms with Crippen molar-refractivity contribution < 1.29 is 4.39 Å². The number of nitrogens with one attached hydrogen (secondary N) is 1. The van der Waals surface area contributed by atoms with E-state index in [1.807, 2.05) is 12.1 Å². The number of hydrogen-bond donors (Lipinski definition) is 1. The van der Waals surface area contributed by atoms with Crippen molar-refractivity contribution in [2.24, 2.45) is 0 Å². The van der Waals surface area contributed by atoms with Crippen LogP contribution in [0.1, 0.15) is 28.8 Å². The smallest absolute Gasteiger partial charge is 0.123 e. The van der Waals surface area contributed by atoms with Crippen LogP contribution in [0.3, 0.4) is 0 Å². The molecule has 1 aliphatic rings. The maximum absolute atomic E-state index is 13.2. The van der Waals surface area contributed by atoms with Crippen LogP contribution in [-0.4, -0.2) is 13.1 Å². The van der Waals surface area contributed by atoms with Crippen molar-refractivity contribution in [1.29, 1.82) is 0 Å². The molecule has 1 aliphatic heterocycles. The zero-order valence-electron chi connectivity index (χ0n) is 12.0. The van der Waals surface area contributed by atoms with Gasteiger partial charge in [-0.15, -0.1) is 23.7 Å². The van der Waals surface area contributed by atoms with Crippen LogP contribution >= 0.6 is 23.7 Å². The topological polar surface area (TPSA) is 12.0 Å². The van der Waals surface area contributed by atoms with Gasteiger partial charge in [0.15, 0.2) is 0 Å². The van der Waals surface area contributed by atoms with Gasteiger partial charge in [0.05, 0.1) is 0 Å². The Bertz CT molecular complexity index is 622. The highest BCUT2D eigenvalue weighted by Crippen LogP contribution is 2.34. The van der Waals surface area contributed by atoms with Crippen molar-refractivity contribution in [3.8, 4) is 0 Å². The van der Waals surface area contributed by atoms with E-state index in [4.69, 9.17) is 0 Å². The molecule has 0 spiro atoms. The Kier molecular flexibility index (Phi) is 5.57. The summed E-state index contributed by atoms with van der Waals surface area (Å²) in [5, 5.41) is 5.58. The zero-order valence-corrected chi connectivity index (χ0v) is 13.6. The van der Waals surface area contributed by atoms with Crippen molar-refractivity contribution in [3.05, 3.63) is 63.1 Å². The van der Waals surface area contributed by atoms with E-state index in [0.29, 0.717) is 0 Å². The van der Waals surface area contributed by atoms with Crippen molar-refractivity contribution in [2.45, 2.75) is 19.8 Å². The highest BCUT2D eigenvalue weighted by molar-refractivity contribution is 7.11. The van der Waals surface area contributed by atoms with E-state index < -0.39 is 0 Å². The summed E-state index contributed by atoms with van der Waals surface area (Å²) in [7, 11) is 0. The van der Waals surface area contributed by atoms with Crippen LogP contribution < -0.4 is 5.32 Å². The summed E-state index contributed by atoms with van der Waals surface area (Å²) in [5.41, 5.74) is 5.21. The number of thiophene rings is 1. The Morgan fingerprint density at radius 2 is 1.81 bits per heavy atom. The largest absolute Gasteiger partial charge is 0.316 e. The molecule has 1 N–H and O–H groups in total. The van der Waals surface area contributed by atoms with Gasteiger partial charge in [-0.2, -0.15) is 0 Å². The maximum atomic E-state index is 13.2. The number of hydrogen-bond acceptors (Lipinski definition) is 2. The van der Waals surface area contributed by atoms with Crippen LogP contribution in [0.5, 0.6) is 0 Å². The molecule has 0 aliphatic carbocycles. The minimum Gasteiger partial charge on any atom is -0.316 e. The molecule has 4 heteroatoms. The molecule has 0 amide bonds. The first-order valence-corrected chi connectivity index (χ1v) is 7.86. The normalized spacial score (nSPS) is 14.7.